The van der Waals surface area contributed by atoms with E-state index in [1.54, 1.807) is 0 Å². The predicted octanol–water partition coefficient (Wildman–Crippen LogP) is 1.91. The number of rotatable bonds is 0. The molecule has 66 valence electrons. The first-order valence-electron chi connectivity index (χ1n) is 4.62. The van der Waals surface area contributed by atoms with Crippen molar-refractivity contribution in [1.82, 2.24) is 0 Å². The van der Waals surface area contributed by atoms with Gasteiger partial charge in [0.1, 0.15) is 0 Å². The van der Waals surface area contributed by atoms with Gasteiger partial charge in [-0.1, -0.05) is 13.8 Å². The Morgan fingerprint density at radius 1 is 1.33 bits per heavy atom. The van der Waals surface area contributed by atoms with Crippen LogP contribution in [-0.4, -0.2) is 12.4 Å². The Morgan fingerprint density at radius 2 is 2.08 bits per heavy atom. The molecule has 1 heterocycles. The number of ketones is 1. The van der Waals surface area contributed by atoms with Gasteiger partial charge in [-0.05, 0) is 24.3 Å². The van der Waals surface area contributed by atoms with E-state index in [4.69, 9.17) is 4.74 Å². The van der Waals surface area contributed by atoms with Crippen LogP contribution in [0, 0.1) is 11.8 Å². The fourth-order valence-electron chi connectivity index (χ4n) is 2.04. The van der Waals surface area contributed by atoms with Crippen LogP contribution in [0.4, 0.5) is 0 Å². The third kappa shape index (κ3) is 0.904. The molecule has 2 rings (SSSR count). The number of hydrogen-bond acceptors (Lipinski definition) is 2. The van der Waals surface area contributed by atoms with E-state index < -0.39 is 0 Å². The maximum absolute atomic E-state index is 11.6. The number of ether oxygens (including phenoxy) is 1. The van der Waals surface area contributed by atoms with Gasteiger partial charge in [0.05, 0.1) is 6.61 Å². The lowest BCUT2D eigenvalue weighted by Crippen LogP contribution is -2.12. The molecule has 0 unspecified atom stereocenters. The summed E-state index contributed by atoms with van der Waals surface area (Å²) >= 11 is 0. The van der Waals surface area contributed by atoms with Crippen molar-refractivity contribution in [3.05, 3.63) is 11.3 Å². The summed E-state index contributed by atoms with van der Waals surface area (Å²) in [4.78, 5) is 11.6. The normalized spacial score (nSPS) is 35.0. The highest BCUT2D eigenvalue weighted by Gasteiger charge is 2.38. The van der Waals surface area contributed by atoms with Crippen LogP contribution >= 0.6 is 0 Å². The van der Waals surface area contributed by atoms with Gasteiger partial charge in [-0.15, -0.1) is 0 Å². The zero-order valence-electron chi connectivity index (χ0n) is 7.59. The van der Waals surface area contributed by atoms with Gasteiger partial charge in [0, 0.05) is 5.92 Å². The summed E-state index contributed by atoms with van der Waals surface area (Å²) in [5, 5.41) is 0. The summed E-state index contributed by atoms with van der Waals surface area (Å²) in [6.45, 7) is 4.85. The van der Waals surface area contributed by atoms with Crippen LogP contribution in [0.15, 0.2) is 11.3 Å². The fourth-order valence-corrected chi connectivity index (χ4v) is 2.04. The first-order chi connectivity index (χ1) is 5.72. The van der Waals surface area contributed by atoms with Crippen molar-refractivity contribution in [2.75, 3.05) is 6.61 Å². The van der Waals surface area contributed by atoms with Gasteiger partial charge in [-0.25, -0.2) is 0 Å². The molecule has 1 aliphatic heterocycles. The van der Waals surface area contributed by atoms with E-state index in [2.05, 4.69) is 6.92 Å². The van der Waals surface area contributed by atoms with Gasteiger partial charge in [0.15, 0.2) is 5.76 Å². The lowest BCUT2D eigenvalue weighted by atomic mass is 9.92. The average Bonchev–Trinajstić information content (AvgIpc) is 2.33. The third-order valence-corrected chi connectivity index (χ3v) is 3.07. The molecule has 0 aromatic heterocycles. The molecule has 2 atom stereocenters. The topological polar surface area (TPSA) is 26.3 Å². The standard InChI is InChI=1S/C10H14O2/c1-6-7(2)9(11)10-8(6)4-3-5-12-10/h6-7H,3-5H2,1-2H3/t6-,7-/m1/s1. The molecule has 0 saturated heterocycles. The monoisotopic (exact) mass is 166 g/mol. The highest BCUT2D eigenvalue weighted by atomic mass is 16.5. The van der Waals surface area contributed by atoms with Gasteiger partial charge < -0.3 is 4.74 Å². The van der Waals surface area contributed by atoms with Gasteiger partial charge in [0.25, 0.3) is 0 Å². The van der Waals surface area contributed by atoms with E-state index in [1.807, 2.05) is 6.92 Å². The molecule has 0 amide bonds. The van der Waals surface area contributed by atoms with E-state index in [9.17, 15) is 4.79 Å². The Morgan fingerprint density at radius 3 is 2.75 bits per heavy atom. The maximum atomic E-state index is 11.6. The van der Waals surface area contributed by atoms with Crippen molar-refractivity contribution >= 4 is 5.78 Å². The first kappa shape index (κ1) is 7.84. The lowest BCUT2D eigenvalue weighted by molar-refractivity contribution is -0.121. The van der Waals surface area contributed by atoms with E-state index in [-0.39, 0.29) is 11.7 Å². The molecule has 2 aliphatic rings. The molecule has 0 spiro atoms. The van der Waals surface area contributed by atoms with E-state index in [0.717, 1.165) is 19.4 Å². The molecule has 2 heteroatoms. The second kappa shape index (κ2) is 2.61. The summed E-state index contributed by atoms with van der Waals surface area (Å²) in [6.07, 6.45) is 2.13. The Kier molecular flexibility index (Phi) is 1.71. The van der Waals surface area contributed by atoms with Crippen LogP contribution in [0.2, 0.25) is 0 Å². The molecular formula is C10H14O2. The molecule has 0 saturated carbocycles. The second-order valence-corrected chi connectivity index (χ2v) is 3.75. The highest BCUT2D eigenvalue weighted by molar-refractivity contribution is 5.99. The van der Waals surface area contributed by atoms with Crippen LogP contribution in [0.5, 0.6) is 0 Å². The number of hydrogen-bond donors (Lipinski definition) is 0. The SMILES string of the molecule is C[C@H]1C(=O)C2=C(CCCO2)[C@@H]1C. The largest absolute Gasteiger partial charge is 0.490 e. The Hall–Kier alpha value is -0.790. The minimum absolute atomic E-state index is 0.146. The van der Waals surface area contributed by atoms with Gasteiger partial charge in [0.2, 0.25) is 5.78 Å². The molecule has 1 aliphatic carbocycles. The molecule has 12 heavy (non-hydrogen) atoms. The Balaban J connectivity index is 2.35. The summed E-state index contributed by atoms with van der Waals surface area (Å²) in [7, 11) is 0. The fraction of sp³-hybridized carbons (Fsp3) is 0.700. The van der Waals surface area contributed by atoms with Gasteiger partial charge in [-0.3, -0.25) is 4.79 Å². The van der Waals surface area contributed by atoms with E-state index >= 15 is 0 Å². The molecule has 0 aromatic rings. The Bertz CT molecular complexity index is 253. The Labute approximate surface area is 72.6 Å². The quantitative estimate of drug-likeness (QED) is 0.549. The molecule has 0 fully saturated rings. The molecule has 0 aromatic carbocycles. The van der Waals surface area contributed by atoms with Crippen LogP contribution in [0.3, 0.4) is 0 Å². The van der Waals surface area contributed by atoms with Crippen LogP contribution in [-0.2, 0) is 9.53 Å². The summed E-state index contributed by atoms with van der Waals surface area (Å²) in [5.74, 6) is 1.47. The molecule has 2 nitrogen and oxygen atoms in total. The van der Waals surface area contributed by atoms with Gasteiger partial charge in [-0.2, -0.15) is 0 Å². The summed E-state index contributed by atoms with van der Waals surface area (Å²) < 4.78 is 5.39. The molecule has 0 bridgehead atoms. The zero-order chi connectivity index (χ0) is 8.72. The van der Waals surface area contributed by atoms with Crippen LogP contribution in [0.25, 0.3) is 0 Å². The third-order valence-electron chi connectivity index (χ3n) is 3.07. The van der Waals surface area contributed by atoms with Crippen molar-refractivity contribution in [2.24, 2.45) is 11.8 Å². The van der Waals surface area contributed by atoms with Crippen molar-refractivity contribution in [1.29, 1.82) is 0 Å². The van der Waals surface area contributed by atoms with Crippen molar-refractivity contribution in [2.45, 2.75) is 26.7 Å². The smallest absolute Gasteiger partial charge is 0.200 e. The predicted molar refractivity (Wildman–Crippen MR) is 45.5 cm³/mol. The van der Waals surface area contributed by atoms with Gasteiger partial charge >= 0.3 is 0 Å². The first-order valence-corrected chi connectivity index (χ1v) is 4.62. The minimum Gasteiger partial charge on any atom is -0.490 e. The maximum Gasteiger partial charge on any atom is 0.200 e. The van der Waals surface area contributed by atoms with E-state index in [1.165, 1.54) is 5.57 Å². The number of carbonyl (C=O) groups is 1. The molecule has 0 radical (unpaired) electrons. The summed E-state index contributed by atoms with van der Waals surface area (Å²) in [5.41, 5.74) is 1.26. The van der Waals surface area contributed by atoms with Crippen LogP contribution < -0.4 is 0 Å². The second-order valence-electron chi connectivity index (χ2n) is 3.75. The summed E-state index contributed by atoms with van der Waals surface area (Å²) in [6, 6.07) is 0. The lowest BCUT2D eigenvalue weighted by Gasteiger charge is -2.16. The van der Waals surface area contributed by atoms with Crippen molar-refractivity contribution < 1.29 is 9.53 Å². The highest BCUT2D eigenvalue weighted by Crippen LogP contribution is 2.39. The molecule has 0 N–H and O–H groups in total. The zero-order valence-corrected chi connectivity index (χ0v) is 7.59. The average molecular weight is 166 g/mol. The van der Waals surface area contributed by atoms with Crippen molar-refractivity contribution in [3.63, 3.8) is 0 Å². The minimum atomic E-state index is 0.146. The number of allylic oxidation sites excluding steroid dienone is 2. The van der Waals surface area contributed by atoms with Crippen LogP contribution in [0.1, 0.15) is 26.7 Å². The number of carbonyl (C=O) groups excluding carboxylic acids is 1. The molecular weight excluding hydrogens is 152 g/mol. The number of Topliss-reactive ketones (excluding diaryl/α,β-unsaturated/α-hetero) is 1. The van der Waals surface area contributed by atoms with Crippen molar-refractivity contribution in [3.8, 4) is 0 Å². The van der Waals surface area contributed by atoms with E-state index in [0.29, 0.717) is 11.7 Å².